The molecule has 0 spiro atoms. The molecule has 5 heteroatoms. The fourth-order valence-corrected chi connectivity index (χ4v) is 1.64. The first kappa shape index (κ1) is 14.3. The van der Waals surface area contributed by atoms with E-state index in [1.165, 1.54) is 0 Å². The van der Waals surface area contributed by atoms with Crippen LogP contribution < -0.4 is 10.7 Å². The first-order chi connectivity index (χ1) is 7.75. The fourth-order valence-electron chi connectivity index (χ4n) is 1.64. The van der Waals surface area contributed by atoms with Crippen LogP contribution in [0.3, 0.4) is 0 Å². The lowest BCUT2D eigenvalue weighted by atomic mass is 9.77. The molecule has 0 radical (unpaired) electrons. The molecule has 0 aromatic heterocycles. The van der Waals surface area contributed by atoms with Crippen molar-refractivity contribution in [3.8, 4) is 0 Å². The van der Waals surface area contributed by atoms with Crippen LogP contribution in [0, 0.1) is 0 Å². The number of rotatable bonds is 3. The smallest absolute Gasteiger partial charge is 0.402 e. The third-order valence-electron chi connectivity index (χ3n) is 3.56. The van der Waals surface area contributed by atoms with Gasteiger partial charge in [-0.25, -0.2) is 0 Å². The molecule has 1 saturated heterocycles. The van der Waals surface area contributed by atoms with Gasteiger partial charge in [0.25, 0.3) is 0 Å². The van der Waals surface area contributed by atoms with Crippen LogP contribution in [0.2, 0.25) is 0 Å². The van der Waals surface area contributed by atoms with Crippen molar-refractivity contribution in [1.82, 2.24) is 0 Å². The number of allylic oxidation sites excluding steroid dienone is 2. The first-order valence-electron chi connectivity index (χ1n) is 6.10. The molecule has 0 aliphatic carbocycles. The van der Waals surface area contributed by atoms with E-state index in [1.807, 2.05) is 47.9 Å². The highest BCUT2D eigenvalue weighted by molar-refractivity contribution is 6.60. The lowest BCUT2D eigenvalue weighted by Gasteiger charge is -2.32. The van der Waals surface area contributed by atoms with Gasteiger partial charge in [-0.1, -0.05) is 6.92 Å². The zero-order chi connectivity index (χ0) is 13.3. The minimum atomic E-state index is -0.396. The quantitative estimate of drug-likeness (QED) is 0.539. The zero-order valence-corrected chi connectivity index (χ0v) is 11.8. The molecule has 1 rings (SSSR count). The summed E-state index contributed by atoms with van der Waals surface area (Å²) in [5, 5.41) is 0. The molecule has 1 aliphatic heterocycles. The molecule has 17 heavy (non-hydrogen) atoms. The maximum atomic E-state index is 6.01. The van der Waals surface area contributed by atoms with E-state index in [0.717, 1.165) is 17.6 Å². The zero-order valence-electron chi connectivity index (χ0n) is 11.8. The summed E-state index contributed by atoms with van der Waals surface area (Å²) in [6, 6.07) is 0. The van der Waals surface area contributed by atoms with Gasteiger partial charge in [-0.05, 0) is 34.1 Å². The van der Waals surface area contributed by atoms with E-state index in [1.54, 1.807) is 0 Å². The van der Waals surface area contributed by atoms with Crippen LogP contribution >= 0.6 is 0 Å². The number of hydrogen-bond acceptors (Lipinski definition) is 3. The Morgan fingerprint density at radius 2 is 1.71 bits per heavy atom. The van der Waals surface area contributed by atoms with Crippen molar-refractivity contribution in [2.45, 2.75) is 52.2 Å². The molecule has 3 N–H and O–H groups in total. The molecule has 1 heterocycles. The predicted octanol–water partition coefficient (Wildman–Crippen LogP) is 0.0218. The molecule has 0 saturated carbocycles. The maximum Gasteiger partial charge on any atom is 0.502 e. The molecule has 1 aliphatic rings. The Labute approximate surface area is 104 Å². The van der Waals surface area contributed by atoms with Gasteiger partial charge in [0.2, 0.25) is 0 Å². The Hall–Kier alpha value is -0.805. The standard InChI is InChI=1S/C12H23BN2O2/c1-7-10(14)9(8-15-6)13-16-11(2,3)12(4,5)17-13/h8H,7,14H2,1-6H3/p+1. The summed E-state index contributed by atoms with van der Waals surface area (Å²) in [6.45, 7) is 10.2. The molecule has 0 aromatic carbocycles. The van der Waals surface area contributed by atoms with Crippen LogP contribution in [0.15, 0.2) is 11.2 Å². The summed E-state index contributed by atoms with van der Waals surface area (Å²) in [7, 11) is 1.45. The number of nitrogens with two attached hydrogens (primary N) is 1. The minimum Gasteiger partial charge on any atom is -0.402 e. The van der Waals surface area contributed by atoms with Crippen LogP contribution in [-0.2, 0) is 9.31 Å². The molecule has 96 valence electrons. The largest absolute Gasteiger partial charge is 0.502 e. The van der Waals surface area contributed by atoms with Crippen molar-refractivity contribution in [2.24, 2.45) is 5.73 Å². The third-order valence-corrected chi connectivity index (χ3v) is 3.56. The van der Waals surface area contributed by atoms with Crippen LogP contribution in [0.25, 0.3) is 0 Å². The second kappa shape index (κ2) is 4.82. The van der Waals surface area contributed by atoms with Gasteiger partial charge in [0, 0.05) is 5.70 Å². The Balaban J connectivity index is 3.03. The Bertz CT molecular complexity index is 332. The summed E-state index contributed by atoms with van der Waals surface area (Å²) >= 11 is 0. The second-order valence-electron chi connectivity index (χ2n) is 5.36. The van der Waals surface area contributed by atoms with Gasteiger partial charge in [0.05, 0.1) is 16.7 Å². The average Bonchev–Trinajstić information content (AvgIpc) is 2.43. The SMILES string of the molecule is CCC(N)=C(C=[NH+]C)B1OC(C)(C)C(C)(C)O1. The lowest BCUT2D eigenvalue weighted by molar-refractivity contribution is -0.413. The topological polar surface area (TPSA) is 58.5 Å². The Morgan fingerprint density at radius 3 is 2.06 bits per heavy atom. The molecule has 4 nitrogen and oxygen atoms in total. The predicted molar refractivity (Wildman–Crippen MR) is 70.5 cm³/mol. The second-order valence-corrected chi connectivity index (χ2v) is 5.36. The van der Waals surface area contributed by atoms with Crippen molar-refractivity contribution in [3.05, 3.63) is 11.2 Å². The Morgan fingerprint density at radius 1 is 1.24 bits per heavy atom. The summed E-state index contributed by atoms with van der Waals surface area (Å²) in [4.78, 5) is 2.99. The minimum absolute atomic E-state index is 0.335. The summed E-state index contributed by atoms with van der Waals surface area (Å²) in [6.07, 6.45) is 2.62. The van der Waals surface area contributed by atoms with Crippen LogP contribution in [-0.4, -0.2) is 31.6 Å². The van der Waals surface area contributed by atoms with Gasteiger partial charge < -0.3 is 15.0 Å². The van der Waals surface area contributed by atoms with Gasteiger partial charge in [0.1, 0.15) is 7.05 Å². The Kier molecular flexibility index (Phi) is 4.04. The van der Waals surface area contributed by atoms with Gasteiger partial charge in [-0.2, -0.15) is 0 Å². The molecular formula is C12H24BN2O2+. The van der Waals surface area contributed by atoms with E-state index in [0.29, 0.717) is 0 Å². The fraction of sp³-hybridized carbons (Fsp3) is 0.750. The summed E-state index contributed by atoms with van der Waals surface area (Å²) in [5.41, 5.74) is 7.01. The molecule has 0 unspecified atom stereocenters. The van der Waals surface area contributed by atoms with Gasteiger partial charge in [0.15, 0.2) is 6.21 Å². The van der Waals surface area contributed by atoms with Crippen molar-refractivity contribution in [2.75, 3.05) is 7.05 Å². The highest BCUT2D eigenvalue weighted by Gasteiger charge is 2.53. The lowest BCUT2D eigenvalue weighted by Crippen LogP contribution is -2.64. The van der Waals surface area contributed by atoms with Crippen LogP contribution in [0.5, 0.6) is 0 Å². The maximum absolute atomic E-state index is 6.01. The van der Waals surface area contributed by atoms with Crippen molar-refractivity contribution >= 4 is 13.3 Å². The summed E-state index contributed by atoms with van der Waals surface area (Å²) in [5.74, 6) is 0. The van der Waals surface area contributed by atoms with Crippen molar-refractivity contribution < 1.29 is 14.3 Å². The van der Waals surface area contributed by atoms with Gasteiger partial charge >= 0.3 is 7.12 Å². The molecule has 1 fully saturated rings. The van der Waals surface area contributed by atoms with Gasteiger partial charge in [-0.15, -0.1) is 0 Å². The molecule has 0 atom stereocenters. The third kappa shape index (κ3) is 2.72. The molecular weight excluding hydrogens is 215 g/mol. The first-order valence-corrected chi connectivity index (χ1v) is 6.10. The van der Waals surface area contributed by atoms with E-state index in [9.17, 15) is 0 Å². The monoisotopic (exact) mass is 239 g/mol. The number of hydrogen-bond donors (Lipinski definition) is 2. The number of nitrogens with one attached hydrogen (secondary N) is 1. The molecule has 0 aromatic rings. The van der Waals surface area contributed by atoms with Crippen molar-refractivity contribution in [1.29, 1.82) is 0 Å². The van der Waals surface area contributed by atoms with E-state index in [2.05, 4.69) is 4.99 Å². The highest BCUT2D eigenvalue weighted by atomic mass is 16.7. The van der Waals surface area contributed by atoms with Crippen molar-refractivity contribution in [3.63, 3.8) is 0 Å². The normalized spacial score (nSPS) is 24.2. The van der Waals surface area contributed by atoms with Crippen LogP contribution in [0.4, 0.5) is 0 Å². The van der Waals surface area contributed by atoms with E-state index in [-0.39, 0.29) is 11.2 Å². The van der Waals surface area contributed by atoms with E-state index in [4.69, 9.17) is 15.0 Å². The van der Waals surface area contributed by atoms with E-state index < -0.39 is 7.12 Å². The van der Waals surface area contributed by atoms with Crippen LogP contribution in [0.1, 0.15) is 41.0 Å². The molecule has 0 bridgehead atoms. The average molecular weight is 239 g/mol. The van der Waals surface area contributed by atoms with Gasteiger partial charge in [-0.3, -0.25) is 4.99 Å². The summed E-state index contributed by atoms with van der Waals surface area (Å²) < 4.78 is 11.9. The van der Waals surface area contributed by atoms with E-state index >= 15 is 0 Å². The highest BCUT2D eigenvalue weighted by Crippen LogP contribution is 2.38. The molecule has 0 amide bonds.